The van der Waals surface area contributed by atoms with Crippen molar-refractivity contribution in [2.75, 3.05) is 0 Å². The van der Waals surface area contributed by atoms with Gasteiger partial charge in [-0.1, -0.05) is 16.8 Å². The van der Waals surface area contributed by atoms with Gasteiger partial charge in [0.05, 0.1) is 0 Å². The third-order valence-corrected chi connectivity index (χ3v) is 1.34. The number of pyridine rings is 1. The van der Waals surface area contributed by atoms with Crippen LogP contribution in [0.15, 0.2) is 17.3 Å². The number of hydrogen-bond acceptors (Lipinski definition) is 3. The van der Waals surface area contributed by atoms with Crippen molar-refractivity contribution in [3.63, 3.8) is 0 Å². The van der Waals surface area contributed by atoms with Crippen molar-refractivity contribution in [2.45, 2.75) is 13.8 Å². The monoisotopic (exact) mass is 220 g/mol. The minimum absolute atomic E-state index is 0. The summed E-state index contributed by atoms with van der Waals surface area (Å²) in [5, 5.41) is 3.40. The number of rotatable bonds is 2. The number of hydrogen-bond donors (Lipinski definition) is 0. The fourth-order valence-corrected chi connectivity index (χ4v) is 0.965. The minimum atomic E-state index is 0. The highest BCUT2D eigenvalue weighted by Crippen LogP contribution is 2.11. The zero-order valence-electron chi connectivity index (χ0n) is 7.32. The van der Waals surface area contributed by atoms with E-state index in [1.807, 2.05) is 19.9 Å². The molecule has 0 saturated carbocycles. The Kier molecular flexibility index (Phi) is 5.42. The van der Waals surface area contributed by atoms with E-state index >= 15 is 0 Å². The van der Waals surface area contributed by atoms with Crippen LogP contribution in [0.5, 0.6) is 5.88 Å². The van der Waals surface area contributed by atoms with E-state index in [0.717, 1.165) is 16.9 Å². The van der Waals surface area contributed by atoms with Gasteiger partial charge < -0.3 is 4.84 Å². The van der Waals surface area contributed by atoms with Crippen LogP contribution in [0.2, 0.25) is 0 Å². The van der Waals surface area contributed by atoms with Crippen LogP contribution in [0.3, 0.4) is 0 Å². The number of aromatic nitrogens is 1. The number of nitrogens with zero attached hydrogens (tertiary/aromatic N) is 2. The normalized spacial score (nSPS) is 9.77. The lowest BCUT2D eigenvalue weighted by atomic mass is 10.2. The van der Waals surface area contributed by atoms with Crippen molar-refractivity contribution in [1.29, 1.82) is 0 Å². The Balaban J connectivity index is 0.00000144. The van der Waals surface area contributed by atoms with Crippen molar-refractivity contribution in [3.8, 4) is 5.88 Å². The van der Waals surface area contributed by atoms with Crippen LogP contribution in [-0.4, -0.2) is 10.7 Å². The largest absolute Gasteiger partial charge is 0.336 e. The summed E-state index contributed by atoms with van der Waals surface area (Å²) in [5.74, 6) is 0.462. The molecule has 5 heteroatoms. The summed E-state index contributed by atoms with van der Waals surface area (Å²) in [6, 6.07) is 3.74. The second-order valence-electron chi connectivity index (χ2n) is 2.42. The molecule has 0 N–H and O–H groups in total. The van der Waals surface area contributed by atoms with Gasteiger partial charge in [0.15, 0.2) is 0 Å². The van der Waals surface area contributed by atoms with Gasteiger partial charge in [0, 0.05) is 11.8 Å². The van der Waals surface area contributed by atoms with Crippen LogP contribution in [0, 0.1) is 13.8 Å². The summed E-state index contributed by atoms with van der Waals surface area (Å²) in [5.41, 5.74) is 3.04. The molecule has 0 radical (unpaired) electrons. The lowest BCUT2D eigenvalue weighted by molar-refractivity contribution is 0.330. The van der Waals surface area contributed by atoms with Crippen LogP contribution < -0.4 is 4.84 Å². The summed E-state index contributed by atoms with van der Waals surface area (Å²) in [6.07, 6.45) is 0. The van der Waals surface area contributed by atoms with Gasteiger partial charge >= 0.3 is 0 Å². The van der Waals surface area contributed by atoms with E-state index in [1.54, 1.807) is 6.07 Å². The van der Waals surface area contributed by atoms with E-state index in [0.29, 0.717) is 5.88 Å². The molecule has 1 aromatic rings. The number of oxime groups is 1. The number of halogens is 2. The first kappa shape index (κ1) is 12.2. The summed E-state index contributed by atoms with van der Waals surface area (Å²) in [6.45, 7) is 3.86. The third-order valence-electron chi connectivity index (χ3n) is 1.26. The molecule has 0 unspecified atom stereocenters. The van der Waals surface area contributed by atoms with Gasteiger partial charge in [-0.15, -0.1) is 12.4 Å². The van der Waals surface area contributed by atoms with Gasteiger partial charge in [-0.05, 0) is 25.5 Å². The minimum Gasteiger partial charge on any atom is -0.336 e. The first-order valence-corrected chi connectivity index (χ1v) is 3.90. The molecule has 0 aliphatic carbocycles. The maximum Gasteiger partial charge on any atom is 0.249 e. The molecule has 0 amide bonds. The lowest BCUT2D eigenvalue weighted by Gasteiger charge is -1.99. The molecule has 0 fully saturated rings. The van der Waals surface area contributed by atoms with Crippen LogP contribution >= 0.6 is 24.0 Å². The molecule has 1 heterocycles. The van der Waals surface area contributed by atoms with Crippen LogP contribution in [0.25, 0.3) is 0 Å². The molecule has 0 aliphatic rings. The quantitative estimate of drug-likeness (QED) is 0.568. The highest BCUT2D eigenvalue weighted by atomic mass is 35.5. The predicted molar refractivity (Wildman–Crippen MR) is 55.9 cm³/mol. The van der Waals surface area contributed by atoms with Crippen molar-refractivity contribution in [3.05, 3.63) is 23.4 Å². The van der Waals surface area contributed by atoms with Crippen molar-refractivity contribution in [1.82, 2.24) is 4.98 Å². The molecule has 0 aromatic carbocycles. The van der Waals surface area contributed by atoms with Gasteiger partial charge in [-0.25, -0.2) is 4.98 Å². The molecule has 0 bridgehead atoms. The smallest absolute Gasteiger partial charge is 0.249 e. The van der Waals surface area contributed by atoms with Crippen LogP contribution in [-0.2, 0) is 0 Å². The number of aryl methyl sites for hydroxylation is 2. The Morgan fingerprint density at radius 1 is 1.46 bits per heavy atom. The van der Waals surface area contributed by atoms with Gasteiger partial charge in [0.1, 0.15) is 5.67 Å². The maximum atomic E-state index is 5.19. The average Bonchev–Trinajstić information content (AvgIpc) is 1.99. The molecule has 0 atom stereocenters. The van der Waals surface area contributed by atoms with Crippen LogP contribution in [0.4, 0.5) is 0 Å². The fourth-order valence-electron chi connectivity index (χ4n) is 0.925. The Bertz CT molecular complexity index is 282. The maximum absolute atomic E-state index is 5.19. The zero-order valence-corrected chi connectivity index (χ0v) is 8.89. The molecule has 0 spiro atoms. The van der Waals surface area contributed by atoms with E-state index in [9.17, 15) is 0 Å². The summed E-state index contributed by atoms with van der Waals surface area (Å²) < 4.78 is 0. The topological polar surface area (TPSA) is 34.5 Å². The van der Waals surface area contributed by atoms with Crippen LogP contribution in [0.1, 0.15) is 11.3 Å². The molecule has 1 aromatic heterocycles. The van der Waals surface area contributed by atoms with E-state index < -0.39 is 0 Å². The second-order valence-corrected chi connectivity index (χ2v) is 2.61. The van der Waals surface area contributed by atoms with Gasteiger partial charge in [0.25, 0.3) is 0 Å². The Labute approximate surface area is 88.2 Å². The van der Waals surface area contributed by atoms with Gasteiger partial charge in [0.2, 0.25) is 5.88 Å². The first-order chi connectivity index (χ1) is 5.72. The van der Waals surface area contributed by atoms with E-state index in [1.165, 1.54) is 0 Å². The van der Waals surface area contributed by atoms with Crippen molar-refractivity contribution in [2.24, 2.45) is 5.16 Å². The highest BCUT2D eigenvalue weighted by Gasteiger charge is 1.96. The molecular weight excluding hydrogens is 211 g/mol. The average molecular weight is 221 g/mol. The molecule has 0 aliphatic heterocycles. The first-order valence-electron chi connectivity index (χ1n) is 3.47. The summed E-state index contributed by atoms with van der Waals surface area (Å²) >= 11 is 5.19. The Hall–Kier alpha value is -0.800. The zero-order chi connectivity index (χ0) is 8.97. The fraction of sp³-hybridized carbons (Fsp3) is 0.250. The van der Waals surface area contributed by atoms with E-state index in [4.69, 9.17) is 16.4 Å². The van der Waals surface area contributed by atoms with E-state index in [-0.39, 0.29) is 12.4 Å². The Morgan fingerprint density at radius 3 is 2.69 bits per heavy atom. The molecule has 1 rings (SSSR count). The van der Waals surface area contributed by atoms with Crippen molar-refractivity contribution < 1.29 is 4.84 Å². The molecule has 0 saturated heterocycles. The van der Waals surface area contributed by atoms with Crippen molar-refractivity contribution >= 4 is 29.7 Å². The van der Waals surface area contributed by atoms with Gasteiger partial charge in [-0.3, -0.25) is 0 Å². The highest BCUT2D eigenvalue weighted by molar-refractivity contribution is 6.56. The summed E-state index contributed by atoms with van der Waals surface area (Å²) in [7, 11) is 0. The molecule has 72 valence electrons. The second kappa shape index (κ2) is 5.78. The van der Waals surface area contributed by atoms with E-state index in [2.05, 4.69) is 10.1 Å². The molecule has 13 heavy (non-hydrogen) atoms. The Morgan fingerprint density at radius 2 is 2.15 bits per heavy atom. The third kappa shape index (κ3) is 4.10. The molecule has 3 nitrogen and oxygen atoms in total. The predicted octanol–water partition coefficient (Wildman–Crippen LogP) is 2.68. The molecular formula is C8H10Cl2N2O. The SMILES string of the molecule is Cc1cc(C)nc(ON=CCl)c1.Cl. The lowest BCUT2D eigenvalue weighted by Crippen LogP contribution is -1.90. The van der Waals surface area contributed by atoms with Gasteiger partial charge in [-0.2, -0.15) is 0 Å². The standard InChI is InChI=1S/C8H9ClN2O.ClH/c1-6-3-7(2)11-8(4-6)12-10-5-9;/h3-5H,1-2H3;1H. The summed E-state index contributed by atoms with van der Waals surface area (Å²) in [4.78, 5) is 8.92.